The summed E-state index contributed by atoms with van der Waals surface area (Å²) >= 11 is 5.88. The molecule has 19 heavy (non-hydrogen) atoms. The van der Waals surface area contributed by atoms with Gasteiger partial charge in [-0.05, 0) is 47.9 Å². The molecule has 0 atom stereocenters. The van der Waals surface area contributed by atoms with Crippen LogP contribution in [-0.2, 0) is 13.2 Å². The quantitative estimate of drug-likeness (QED) is 0.918. The molecular formula is C16H18ClNO. The summed E-state index contributed by atoms with van der Waals surface area (Å²) in [5.74, 6) is 0. The van der Waals surface area contributed by atoms with Gasteiger partial charge in [0.05, 0.1) is 6.61 Å². The number of hydrogen-bond acceptors (Lipinski definition) is 2. The highest BCUT2D eigenvalue weighted by molar-refractivity contribution is 6.30. The molecule has 0 radical (unpaired) electrons. The number of benzene rings is 2. The van der Waals surface area contributed by atoms with Crippen molar-refractivity contribution in [2.75, 3.05) is 11.9 Å². The second kappa shape index (κ2) is 6.09. The van der Waals surface area contributed by atoms with E-state index in [9.17, 15) is 5.11 Å². The van der Waals surface area contributed by atoms with E-state index in [4.69, 9.17) is 11.6 Å². The minimum absolute atomic E-state index is 0.0903. The molecule has 0 aliphatic rings. The van der Waals surface area contributed by atoms with Crippen molar-refractivity contribution in [2.45, 2.75) is 20.1 Å². The monoisotopic (exact) mass is 275 g/mol. The molecule has 1 N–H and O–H groups in total. The largest absolute Gasteiger partial charge is 0.392 e. The van der Waals surface area contributed by atoms with E-state index >= 15 is 0 Å². The molecule has 0 unspecified atom stereocenters. The van der Waals surface area contributed by atoms with Crippen LogP contribution < -0.4 is 4.90 Å². The fourth-order valence-electron chi connectivity index (χ4n) is 2.05. The maximum Gasteiger partial charge on any atom is 0.0684 e. The minimum Gasteiger partial charge on any atom is -0.392 e. The molecule has 2 aromatic rings. The van der Waals surface area contributed by atoms with Crippen molar-refractivity contribution in [3.63, 3.8) is 0 Å². The van der Waals surface area contributed by atoms with Crippen molar-refractivity contribution >= 4 is 17.3 Å². The lowest BCUT2D eigenvalue weighted by Gasteiger charge is -2.20. The maximum absolute atomic E-state index is 9.18. The van der Waals surface area contributed by atoms with Gasteiger partial charge in [0.25, 0.3) is 0 Å². The van der Waals surface area contributed by atoms with Crippen molar-refractivity contribution in [1.82, 2.24) is 0 Å². The summed E-state index contributed by atoms with van der Waals surface area (Å²) in [6, 6.07) is 14.0. The van der Waals surface area contributed by atoms with Crippen molar-refractivity contribution < 1.29 is 5.11 Å². The van der Waals surface area contributed by atoms with Gasteiger partial charge in [-0.1, -0.05) is 29.8 Å². The Morgan fingerprint density at radius 2 is 1.79 bits per heavy atom. The predicted octanol–water partition coefficient (Wildman–Crippen LogP) is 3.78. The van der Waals surface area contributed by atoms with Crippen LogP contribution in [0.25, 0.3) is 0 Å². The van der Waals surface area contributed by atoms with E-state index in [0.717, 1.165) is 28.4 Å². The normalized spacial score (nSPS) is 10.5. The highest BCUT2D eigenvalue weighted by Crippen LogP contribution is 2.20. The van der Waals surface area contributed by atoms with Crippen molar-refractivity contribution in [2.24, 2.45) is 0 Å². The van der Waals surface area contributed by atoms with Gasteiger partial charge in [-0.2, -0.15) is 0 Å². The Kier molecular flexibility index (Phi) is 4.46. The van der Waals surface area contributed by atoms with Gasteiger partial charge in [0.2, 0.25) is 0 Å². The zero-order chi connectivity index (χ0) is 13.8. The Balaban J connectivity index is 2.13. The van der Waals surface area contributed by atoms with Gasteiger partial charge in [-0.3, -0.25) is 0 Å². The molecule has 0 fully saturated rings. The van der Waals surface area contributed by atoms with Crippen LogP contribution in [0.2, 0.25) is 5.02 Å². The molecule has 2 rings (SSSR count). The number of halogens is 1. The Hall–Kier alpha value is -1.51. The van der Waals surface area contributed by atoms with Gasteiger partial charge < -0.3 is 10.0 Å². The smallest absolute Gasteiger partial charge is 0.0684 e. The lowest BCUT2D eigenvalue weighted by molar-refractivity contribution is 0.281. The Morgan fingerprint density at radius 3 is 2.37 bits per heavy atom. The summed E-state index contributed by atoms with van der Waals surface area (Å²) < 4.78 is 0. The summed E-state index contributed by atoms with van der Waals surface area (Å²) in [5, 5.41) is 9.94. The van der Waals surface area contributed by atoms with Crippen molar-refractivity contribution in [1.29, 1.82) is 0 Å². The average Bonchev–Trinajstić information content (AvgIpc) is 2.41. The van der Waals surface area contributed by atoms with Crippen LogP contribution in [0.4, 0.5) is 5.69 Å². The molecule has 0 spiro atoms. The lowest BCUT2D eigenvalue weighted by Crippen LogP contribution is -2.16. The van der Waals surface area contributed by atoms with Crippen LogP contribution in [0.1, 0.15) is 16.7 Å². The number of rotatable bonds is 4. The molecule has 100 valence electrons. The van der Waals surface area contributed by atoms with Crippen LogP contribution in [-0.4, -0.2) is 12.2 Å². The van der Waals surface area contributed by atoms with E-state index in [0.29, 0.717) is 0 Å². The molecular weight excluding hydrogens is 258 g/mol. The van der Waals surface area contributed by atoms with E-state index in [-0.39, 0.29) is 6.61 Å². The Labute approximate surface area is 119 Å². The van der Waals surface area contributed by atoms with Crippen molar-refractivity contribution in [3.05, 3.63) is 64.2 Å². The molecule has 0 bridgehead atoms. The molecule has 0 saturated heterocycles. The molecule has 0 saturated carbocycles. The van der Waals surface area contributed by atoms with Crippen molar-refractivity contribution in [3.8, 4) is 0 Å². The van der Waals surface area contributed by atoms with Crippen LogP contribution in [0, 0.1) is 6.92 Å². The highest BCUT2D eigenvalue weighted by atomic mass is 35.5. The van der Waals surface area contributed by atoms with E-state index in [1.807, 2.05) is 43.3 Å². The summed E-state index contributed by atoms with van der Waals surface area (Å²) in [6.07, 6.45) is 0. The SMILES string of the molecule is Cc1cc(N(C)Cc2ccc(Cl)cc2)ccc1CO. The molecule has 2 aromatic carbocycles. The predicted molar refractivity (Wildman–Crippen MR) is 80.7 cm³/mol. The van der Waals surface area contributed by atoms with Gasteiger partial charge in [-0.15, -0.1) is 0 Å². The van der Waals surface area contributed by atoms with Crippen LogP contribution in [0.5, 0.6) is 0 Å². The standard InChI is InChI=1S/C16H18ClNO/c1-12-9-16(8-5-14(12)11-19)18(2)10-13-3-6-15(17)7-4-13/h3-9,19H,10-11H2,1-2H3. The molecule has 0 aliphatic carbocycles. The van der Waals surface area contributed by atoms with Crippen LogP contribution in [0.15, 0.2) is 42.5 Å². The molecule has 0 heterocycles. The van der Waals surface area contributed by atoms with E-state index in [1.54, 1.807) is 0 Å². The Morgan fingerprint density at radius 1 is 1.11 bits per heavy atom. The zero-order valence-electron chi connectivity index (χ0n) is 11.2. The van der Waals surface area contributed by atoms with Crippen LogP contribution in [0.3, 0.4) is 0 Å². The minimum atomic E-state index is 0.0903. The molecule has 0 aliphatic heterocycles. The van der Waals surface area contributed by atoms with Gasteiger partial charge >= 0.3 is 0 Å². The molecule has 0 aromatic heterocycles. The number of aliphatic hydroxyl groups excluding tert-OH is 1. The fraction of sp³-hybridized carbons (Fsp3) is 0.250. The second-order valence-corrected chi connectivity index (χ2v) is 5.19. The van der Waals surface area contributed by atoms with Crippen LogP contribution >= 0.6 is 11.6 Å². The number of aliphatic hydroxyl groups is 1. The first-order valence-corrected chi connectivity index (χ1v) is 6.64. The van der Waals surface area contributed by atoms with Gasteiger partial charge in [0, 0.05) is 24.3 Å². The maximum atomic E-state index is 9.18. The number of hydrogen-bond donors (Lipinski definition) is 1. The average molecular weight is 276 g/mol. The first-order valence-electron chi connectivity index (χ1n) is 6.26. The second-order valence-electron chi connectivity index (χ2n) is 4.75. The van der Waals surface area contributed by atoms with Gasteiger partial charge in [-0.25, -0.2) is 0 Å². The zero-order valence-corrected chi connectivity index (χ0v) is 12.0. The molecule has 3 heteroatoms. The topological polar surface area (TPSA) is 23.5 Å². The number of aryl methyl sites for hydroxylation is 1. The molecule has 2 nitrogen and oxygen atoms in total. The third-order valence-electron chi connectivity index (χ3n) is 3.27. The number of anilines is 1. The van der Waals surface area contributed by atoms with Gasteiger partial charge in [0.15, 0.2) is 0 Å². The summed E-state index contributed by atoms with van der Waals surface area (Å²) in [4.78, 5) is 2.18. The van der Waals surface area contributed by atoms with E-state index in [1.165, 1.54) is 5.56 Å². The first-order chi connectivity index (χ1) is 9.10. The van der Waals surface area contributed by atoms with E-state index < -0.39 is 0 Å². The summed E-state index contributed by atoms with van der Waals surface area (Å²) in [7, 11) is 2.06. The lowest BCUT2D eigenvalue weighted by atomic mass is 10.1. The summed E-state index contributed by atoms with van der Waals surface area (Å²) in [6.45, 7) is 2.94. The third-order valence-corrected chi connectivity index (χ3v) is 3.52. The highest BCUT2D eigenvalue weighted by Gasteiger charge is 2.04. The molecule has 0 amide bonds. The Bertz CT molecular complexity index is 551. The van der Waals surface area contributed by atoms with Gasteiger partial charge in [0.1, 0.15) is 0 Å². The fourth-order valence-corrected chi connectivity index (χ4v) is 2.18. The third kappa shape index (κ3) is 3.49. The summed E-state index contributed by atoms with van der Waals surface area (Å²) in [5.41, 5.74) is 4.45. The first kappa shape index (κ1) is 13.9. The number of nitrogens with zero attached hydrogens (tertiary/aromatic N) is 1. The van der Waals surface area contributed by atoms with E-state index in [2.05, 4.69) is 18.0 Å².